The number of para-hydroxylation sites is 1. The van der Waals surface area contributed by atoms with Crippen LogP contribution in [0.3, 0.4) is 0 Å². The molecule has 2 aliphatic heterocycles. The maximum Gasteiger partial charge on any atom is 0.242 e. The topological polar surface area (TPSA) is 113 Å². The second-order valence-corrected chi connectivity index (χ2v) is 14.2. The van der Waals surface area contributed by atoms with Crippen molar-refractivity contribution in [3.63, 3.8) is 0 Å². The maximum atomic E-state index is 15.4. The molecule has 2 heterocycles. The highest BCUT2D eigenvalue weighted by molar-refractivity contribution is 7.89. The Morgan fingerprint density at radius 1 is 1.00 bits per heavy atom. The molecule has 0 spiro atoms. The third-order valence-corrected chi connectivity index (χ3v) is 10.0. The Labute approximate surface area is 225 Å². The van der Waals surface area contributed by atoms with Crippen molar-refractivity contribution < 1.29 is 26.0 Å². The van der Waals surface area contributed by atoms with Crippen LogP contribution < -0.4 is 10.0 Å². The van der Waals surface area contributed by atoms with Crippen molar-refractivity contribution in [2.75, 3.05) is 51.7 Å². The van der Waals surface area contributed by atoms with Crippen molar-refractivity contribution in [2.24, 2.45) is 11.1 Å². The fourth-order valence-electron chi connectivity index (χ4n) is 5.53. The van der Waals surface area contributed by atoms with Crippen LogP contribution in [0.15, 0.2) is 46.2 Å². The Hall–Kier alpha value is -2.09. The number of sulfonamides is 2. The minimum Gasteiger partial charge on any atom is -0.373 e. The normalized spacial score (nSPS) is 22.2. The molecular weight excluding hydrogens is 531 g/mol. The van der Waals surface area contributed by atoms with Gasteiger partial charge in [0.05, 0.1) is 27.7 Å². The third kappa shape index (κ3) is 6.21. The molecule has 2 fully saturated rings. The lowest BCUT2D eigenvalue weighted by Crippen LogP contribution is -2.48. The van der Waals surface area contributed by atoms with Gasteiger partial charge in [0.15, 0.2) is 0 Å². The predicted molar refractivity (Wildman–Crippen MR) is 145 cm³/mol. The molecule has 2 aromatic rings. The van der Waals surface area contributed by atoms with Crippen molar-refractivity contribution >= 4 is 25.7 Å². The lowest BCUT2D eigenvalue weighted by Gasteiger charge is -2.40. The number of hydrogen-bond acceptors (Lipinski definition) is 7. The minimum atomic E-state index is -4.22. The molecule has 2 N–H and O–H groups in total. The zero-order valence-electron chi connectivity index (χ0n) is 22.3. The Bertz CT molecular complexity index is 1370. The van der Waals surface area contributed by atoms with Gasteiger partial charge in [0, 0.05) is 57.9 Å². The summed E-state index contributed by atoms with van der Waals surface area (Å²) in [5.74, 6) is -0.0504. The molecule has 9 nitrogen and oxygen atoms in total. The number of primary sulfonamides is 1. The van der Waals surface area contributed by atoms with E-state index in [0.717, 1.165) is 36.8 Å². The highest BCUT2D eigenvalue weighted by Crippen LogP contribution is 2.39. The van der Waals surface area contributed by atoms with Gasteiger partial charge in [0.1, 0.15) is 5.82 Å². The molecule has 2 aliphatic rings. The molecule has 2 aromatic carbocycles. The Morgan fingerprint density at radius 3 is 2.21 bits per heavy atom. The Morgan fingerprint density at radius 2 is 1.63 bits per heavy atom. The number of halogens is 1. The quantitative estimate of drug-likeness (QED) is 0.547. The lowest BCUT2D eigenvalue weighted by molar-refractivity contribution is -0.0720. The number of morpholine rings is 1. The molecule has 0 aromatic heterocycles. The fraction of sp³-hybridized carbons (Fsp3) is 0.538. The molecule has 2 saturated heterocycles. The van der Waals surface area contributed by atoms with Crippen LogP contribution >= 0.6 is 0 Å². The molecule has 0 bridgehead atoms. The zero-order valence-corrected chi connectivity index (χ0v) is 23.9. The molecule has 2 unspecified atom stereocenters. The standard InChI is InChI=1S/C26H37FN4O5S2/c1-18-15-30(16-19(2)36-18)17-20-10-12-31(13-11-20)26-22(6-5-7-24(26)27)23-14-21(38(34,35)29(3)4)8-9-25(23)37(28,32)33/h5-9,14,18-20H,10-13,15-17H2,1-4H3,(H2,28,32,33). The average Bonchev–Trinajstić information content (AvgIpc) is 2.83. The summed E-state index contributed by atoms with van der Waals surface area (Å²) in [6.45, 7) is 8.09. The van der Waals surface area contributed by atoms with Crippen LogP contribution in [0.1, 0.15) is 26.7 Å². The molecule has 210 valence electrons. The molecule has 0 radical (unpaired) electrons. The van der Waals surface area contributed by atoms with Gasteiger partial charge in [-0.05, 0) is 56.9 Å². The second kappa shape index (κ2) is 11.2. The van der Waals surface area contributed by atoms with Gasteiger partial charge in [0.2, 0.25) is 20.0 Å². The lowest BCUT2D eigenvalue weighted by atomic mass is 9.94. The van der Waals surface area contributed by atoms with E-state index in [2.05, 4.69) is 18.7 Å². The number of hydrogen-bond donors (Lipinski definition) is 1. The van der Waals surface area contributed by atoms with E-state index < -0.39 is 25.9 Å². The molecular formula is C26H37FN4O5S2. The summed E-state index contributed by atoms with van der Waals surface area (Å²) >= 11 is 0. The monoisotopic (exact) mass is 568 g/mol. The fourth-order valence-corrected chi connectivity index (χ4v) is 7.19. The first-order valence-electron chi connectivity index (χ1n) is 12.8. The summed E-state index contributed by atoms with van der Waals surface area (Å²) in [7, 11) is -5.32. The van der Waals surface area contributed by atoms with Gasteiger partial charge in [-0.3, -0.25) is 4.90 Å². The van der Waals surface area contributed by atoms with Crippen molar-refractivity contribution in [2.45, 2.75) is 48.7 Å². The molecule has 0 aliphatic carbocycles. The van der Waals surface area contributed by atoms with Gasteiger partial charge in [-0.2, -0.15) is 0 Å². The minimum absolute atomic E-state index is 0.0586. The van der Waals surface area contributed by atoms with Gasteiger partial charge in [-0.1, -0.05) is 12.1 Å². The largest absolute Gasteiger partial charge is 0.373 e. The van der Waals surface area contributed by atoms with Crippen LogP contribution in [0.5, 0.6) is 0 Å². The van der Waals surface area contributed by atoms with E-state index in [4.69, 9.17) is 9.88 Å². The summed E-state index contributed by atoms with van der Waals surface area (Å²) in [5.41, 5.74) is 0.603. The van der Waals surface area contributed by atoms with Gasteiger partial charge >= 0.3 is 0 Å². The highest BCUT2D eigenvalue weighted by atomic mass is 32.2. The second-order valence-electron chi connectivity index (χ2n) is 10.5. The van der Waals surface area contributed by atoms with E-state index >= 15 is 4.39 Å². The molecule has 0 amide bonds. The summed E-state index contributed by atoms with van der Waals surface area (Å²) < 4.78 is 72.9. The third-order valence-electron chi connectivity index (χ3n) is 7.26. The van der Waals surface area contributed by atoms with Crippen LogP contribution in [0.2, 0.25) is 0 Å². The van der Waals surface area contributed by atoms with E-state index in [1.54, 1.807) is 6.07 Å². The van der Waals surface area contributed by atoms with Gasteiger partial charge in [-0.15, -0.1) is 0 Å². The summed E-state index contributed by atoms with van der Waals surface area (Å²) in [6.07, 6.45) is 2.09. The number of nitrogens with two attached hydrogens (primary N) is 1. The summed E-state index contributed by atoms with van der Waals surface area (Å²) in [5, 5.41) is 5.50. The number of benzene rings is 2. The number of rotatable bonds is 7. The number of ether oxygens (including phenoxy) is 1. The smallest absolute Gasteiger partial charge is 0.242 e. The SMILES string of the molecule is CC1CN(CC2CCN(c3c(F)cccc3-c3cc(S(=O)(=O)N(C)C)ccc3S(N)(=O)=O)CC2)CC(C)O1. The van der Waals surface area contributed by atoms with E-state index in [1.807, 2.05) is 4.90 Å². The van der Waals surface area contributed by atoms with Crippen LogP contribution in [0, 0.1) is 11.7 Å². The van der Waals surface area contributed by atoms with Crippen LogP contribution in [-0.2, 0) is 24.8 Å². The number of anilines is 1. The molecule has 0 saturated carbocycles. The molecule has 4 rings (SSSR count). The van der Waals surface area contributed by atoms with Crippen molar-refractivity contribution in [3.8, 4) is 11.1 Å². The number of piperidine rings is 1. The average molecular weight is 569 g/mol. The first-order chi connectivity index (χ1) is 17.8. The first-order valence-corrected chi connectivity index (χ1v) is 15.8. The summed E-state index contributed by atoms with van der Waals surface area (Å²) in [6, 6.07) is 8.07. The van der Waals surface area contributed by atoms with Crippen LogP contribution in [0.25, 0.3) is 11.1 Å². The van der Waals surface area contributed by atoms with Gasteiger partial charge in [-0.25, -0.2) is 30.7 Å². The predicted octanol–water partition coefficient (Wildman–Crippen LogP) is 2.72. The van der Waals surface area contributed by atoms with E-state index in [1.165, 1.54) is 44.4 Å². The van der Waals surface area contributed by atoms with E-state index in [0.29, 0.717) is 24.6 Å². The van der Waals surface area contributed by atoms with E-state index in [9.17, 15) is 16.8 Å². The maximum absolute atomic E-state index is 15.4. The molecule has 2 atom stereocenters. The van der Waals surface area contributed by atoms with E-state index in [-0.39, 0.29) is 33.2 Å². The first kappa shape index (κ1) is 28.9. The van der Waals surface area contributed by atoms with Crippen molar-refractivity contribution in [1.82, 2.24) is 9.21 Å². The Kier molecular flexibility index (Phi) is 8.51. The molecule has 12 heteroatoms. The van der Waals surface area contributed by atoms with Crippen molar-refractivity contribution in [3.05, 3.63) is 42.2 Å². The van der Waals surface area contributed by atoms with Gasteiger partial charge < -0.3 is 9.64 Å². The van der Waals surface area contributed by atoms with Crippen LogP contribution in [0.4, 0.5) is 10.1 Å². The van der Waals surface area contributed by atoms with Crippen molar-refractivity contribution in [1.29, 1.82) is 0 Å². The number of nitrogens with zero attached hydrogens (tertiary/aromatic N) is 3. The van der Waals surface area contributed by atoms with Gasteiger partial charge in [0.25, 0.3) is 0 Å². The zero-order chi connectivity index (χ0) is 27.8. The van der Waals surface area contributed by atoms with Crippen LogP contribution in [-0.4, -0.2) is 85.1 Å². The summed E-state index contributed by atoms with van der Waals surface area (Å²) in [4.78, 5) is 3.99. The Balaban J connectivity index is 1.66. The highest BCUT2D eigenvalue weighted by Gasteiger charge is 2.30. The molecule has 38 heavy (non-hydrogen) atoms.